The molecule has 8 heteroatoms. The van der Waals surface area contributed by atoms with E-state index in [0.717, 1.165) is 18.4 Å². The second kappa shape index (κ2) is 8.94. The molecular formula is C22H25N5O3. The minimum atomic E-state index is -0.127. The summed E-state index contributed by atoms with van der Waals surface area (Å²) >= 11 is 0. The quantitative estimate of drug-likeness (QED) is 0.680. The van der Waals surface area contributed by atoms with Gasteiger partial charge in [0, 0.05) is 25.2 Å². The van der Waals surface area contributed by atoms with E-state index in [2.05, 4.69) is 20.4 Å². The zero-order chi connectivity index (χ0) is 20.9. The molecule has 0 radical (unpaired) electrons. The first-order valence-corrected chi connectivity index (χ1v) is 10.2. The van der Waals surface area contributed by atoms with E-state index in [1.54, 1.807) is 6.20 Å². The Kier molecular flexibility index (Phi) is 5.92. The summed E-state index contributed by atoms with van der Waals surface area (Å²) in [5, 5.41) is 7.03. The number of hydrogen-bond acceptors (Lipinski definition) is 6. The molecule has 3 heterocycles. The van der Waals surface area contributed by atoms with Crippen molar-refractivity contribution < 1.29 is 14.1 Å². The fourth-order valence-corrected chi connectivity index (χ4v) is 3.53. The zero-order valence-corrected chi connectivity index (χ0v) is 17.2. The Hall–Kier alpha value is -3.42. The van der Waals surface area contributed by atoms with E-state index in [1.807, 2.05) is 55.1 Å². The first kappa shape index (κ1) is 19.9. The fourth-order valence-electron chi connectivity index (χ4n) is 3.53. The minimum absolute atomic E-state index is 0.127. The van der Waals surface area contributed by atoms with Gasteiger partial charge in [0.05, 0.1) is 12.3 Å². The summed E-state index contributed by atoms with van der Waals surface area (Å²) in [5.74, 6) is 1.92. The molecule has 0 spiro atoms. The van der Waals surface area contributed by atoms with Gasteiger partial charge in [0.1, 0.15) is 11.4 Å². The van der Waals surface area contributed by atoms with E-state index >= 15 is 0 Å². The van der Waals surface area contributed by atoms with Gasteiger partial charge in [-0.2, -0.15) is 4.98 Å². The number of rotatable bonds is 5. The number of carbonyl (C=O) groups is 1. The van der Waals surface area contributed by atoms with Crippen molar-refractivity contribution >= 4 is 11.7 Å². The summed E-state index contributed by atoms with van der Waals surface area (Å²) in [6.45, 7) is 5.70. The summed E-state index contributed by atoms with van der Waals surface area (Å²) in [7, 11) is 0. The Bertz CT molecular complexity index is 997. The molecule has 8 nitrogen and oxygen atoms in total. The number of ether oxygens (including phenoxy) is 1. The lowest BCUT2D eigenvalue weighted by Crippen LogP contribution is -2.40. The predicted octanol–water partition coefficient (Wildman–Crippen LogP) is 4.25. The summed E-state index contributed by atoms with van der Waals surface area (Å²) in [5.41, 5.74) is 2.46. The summed E-state index contributed by atoms with van der Waals surface area (Å²) in [4.78, 5) is 23.3. The van der Waals surface area contributed by atoms with Crippen LogP contribution in [0.25, 0.3) is 11.5 Å². The van der Waals surface area contributed by atoms with Crippen molar-refractivity contribution in [1.29, 1.82) is 0 Å². The number of aryl methyl sites for hydroxylation is 1. The molecule has 3 aromatic rings. The van der Waals surface area contributed by atoms with E-state index in [0.29, 0.717) is 48.5 Å². The van der Waals surface area contributed by atoms with E-state index in [4.69, 9.17) is 9.26 Å². The molecule has 30 heavy (non-hydrogen) atoms. The smallest absolute Gasteiger partial charge is 0.321 e. The van der Waals surface area contributed by atoms with Crippen LogP contribution in [-0.4, -0.2) is 45.8 Å². The standard InChI is InChI=1S/C22H25N5O3/c1-3-29-19-14-15(2)7-8-17(19)24-22(28)27-12-9-16(10-13-27)21-25-20(26-30-21)18-6-4-5-11-23-18/h4-8,11,14,16H,3,9-10,12-13H2,1-2H3,(H,24,28). The number of hydrogen-bond donors (Lipinski definition) is 1. The third-order valence-corrected chi connectivity index (χ3v) is 5.15. The van der Waals surface area contributed by atoms with Crippen molar-refractivity contribution in [3.8, 4) is 17.3 Å². The third-order valence-electron chi connectivity index (χ3n) is 5.15. The molecule has 0 saturated carbocycles. The van der Waals surface area contributed by atoms with E-state index in [9.17, 15) is 4.79 Å². The van der Waals surface area contributed by atoms with Crippen LogP contribution in [0.4, 0.5) is 10.5 Å². The highest BCUT2D eigenvalue weighted by Crippen LogP contribution is 2.30. The normalized spacial score (nSPS) is 14.5. The van der Waals surface area contributed by atoms with Crippen LogP contribution in [0.3, 0.4) is 0 Å². The Morgan fingerprint density at radius 2 is 2.10 bits per heavy atom. The molecule has 2 amide bonds. The number of likely N-dealkylation sites (tertiary alicyclic amines) is 1. The highest BCUT2D eigenvalue weighted by Gasteiger charge is 2.28. The van der Waals surface area contributed by atoms with Gasteiger partial charge in [-0.3, -0.25) is 4.98 Å². The van der Waals surface area contributed by atoms with E-state index < -0.39 is 0 Å². The van der Waals surface area contributed by atoms with E-state index in [-0.39, 0.29) is 11.9 Å². The SMILES string of the molecule is CCOc1cc(C)ccc1NC(=O)N1CCC(c2nc(-c3ccccn3)no2)CC1. The maximum absolute atomic E-state index is 12.7. The summed E-state index contributed by atoms with van der Waals surface area (Å²) in [6.07, 6.45) is 3.24. The van der Waals surface area contributed by atoms with Crippen LogP contribution in [0.1, 0.15) is 37.1 Å². The lowest BCUT2D eigenvalue weighted by molar-refractivity contribution is 0.187. The van der Waals surface area contributed by atoms with Crippen LogP contribution in [0.15, 0.2) is 47.1 Å². The number of piperidine rings is 1. The van der Waals surface area contributed by atoms with Crippen LogP contribution in [0, 0.1) is 6.92 Å². The molecular weight excluding hydrogens is 382 g/mol. The molecule has 1 aliphatic rings. The largest absolute Gasteiger partial charge is 0.492 e. The second-order valence-corrected chi connectivity index (χ2v) is 7.30. The third kappa shape index (κ3) is 4.42. The van der Waals surface area contributed by atoms with Gasteiger partial charge in [-0.05, 0) is 56.5 Å². The molecule has 1 N–H and O–H groups in total. The highest BCUT2D eigenvalue weighted by atomic mass is 16.5. The topological polar surface area (TPSA) is 93.4 Å². The van der Waals surface area contributed by atoms with Crippen LogP contribution in [0.5, 0.6) is 5.75 Å². The molecule has 0 bridgehead atoms. The van der Waals surface area contributed by atoms with Gasteiger partial charge in [0.15, 0.2) is 0 Å². The molecule has 156 valence electrons. The van der Waals surface area contributed by atoms with Gasteiger partial charge in [0.2, 0.25) is 11.7 Å². The second-order valence-electron chi connectivity index (χ2n) is 7.30. The maximum atomic E-state index is 12.7. The molecule has 2 aromatic heterocycles. The molecule has 1 fully saturated rings. The Balaban J connectivity index is 1.36. The number of pyridine rings is 1. The van der Waals surface area contributed by atoms with Crippen LogP contribution in [-0.2, 0) is 0 Å². The molecule has 4 rings (SSSR count). The van der Waals surface area contributed by atoms with Crippen LogP contribution >= 0.6 is 0 Å². The summed E-state index contributed by atoms with van der Waals surface area (Å²) in [6, 6.07) is 11.2. The van der Waals surface area contributed by atoms with Crippen molar-refractivity contribution in [2.75, 3.05) is 25.0 Å². The van der Waals surface area contributed by atoms with Gasteiger partial charge in [-0.1, -0.05) is 17.3 Å². The zero-order valence-electron chi connectivity index (χ0n) is 17.2. The number of urea groups is 1. The van der Waals surface area contributed by atoms with Crippen LogP contribution in [0.2, 0.25) is 0 Å². The highest BCUT2D eigenvalue weighted by molar-refractivity contribution is 5.91. The first-order valence-electron chi connectivity index (χ1n) is 10.2. The Morgan fingerprint density at radius 3 is 2.83 bits per heavy atom. The molecule has 1 aromatic carbocycles. The number of amides is 2. The lowest BCUT2D eigenvalue weighted by Gasteiger charge is -2.30. The number of nitrogens with zero attached hydrogens (tertiary/aromatic N) is 4. The van der Waals surface area contributed by atoms with E-state index in [1.165, 1.54) is 0 Å². The average molecular weight is 407 g/mol. The van der Waals surface area contributed by atoms with Gasteiger partial charge in [-0.15, -0.1) is 0 Å². The molecule has 0 aliphatic carbocycles. The maximum Gasteiger partial charge on any atom is 0.321 e. The fraction of sp³-hybridized carbons (Fsp3) is 0.364. The van der Waals surface area contributed by atoms with Gasteiger partial charge >= 0.3 is 6.03 Å². The number of carbonyl (C=O) groups excluding carboxylic acids is 1. The average Bonchev–Trinajstić information content (AvgIpc) is 3.27. The number of aromatic nitrogens is 3. The molecule has 0 unspecified atom stereocenters. The Morgan fingerprint density at radius 1 is 1.27 bits per heavy atom. The minimum Gasteiger partial charge on any atom is -0.492 e. The summed E-state index contributed by atoms with van der Waals surface area (Å²) < 4.78 is 11.1. The van der Waals surface area contributed by atoms with Crippen molar-refractivity contribution in [3.05, 3.63) is 54.0 Å². The van der Waals surface area contributed by atoms with Crippen LogP contribution < -0.4 is 10.1 Å². The Labute approximate surface area is 175 Å². The lowest BCUT2D eigenvalue weighted by atomic mass is 9.97. The number of anilines is 1. The van der Waals surface area contributed by atoms with Crippen molar-refractivity contribution in [1.82, 2.24) is 20.0 Å². The van der Waals surface area contributed by atoms with Crippen molar-refractivity contribution in [2.24, 2.45) is 0 Å². The van der Waals surface area contributed by atoms with Crippen molar-refractivity contribution in [2.45, 2.75) is 32.6 Å². The molecule has 1 aliphatic heterocycles. The predicted molar refractivity (Wildman–Crippen MR) is 112 cm³/mol. The van der Waals surface area contributed by atoms with Gasteiger partial charge in [0.25, 0.3) is 0 Å². The molecule has 0 atom stereocenters. The number of benzene rings is 1. The van der Waals surface area contributed by atoms with Crippen molar-refractivity contribution in [3.63, 3.8) is 0 Å². The monoisotopic (exact) mass is 407 g/mol. The molecule has 1 saturated heterocycles. The first-order chi connectivity index (χ1) is 14.6. The van der Waals surface area contributed by atoms with Gasteiger partial charge in [-0.25, -0.2) is 4.79 Å². The number of nitrogens with one attached hydrogen (secondary N) is 1. The van der Waals surface area contributed by atoms with Gasteiger partial charge < -0.3 is 19.5 Å².